The molecule has 43 heavy (non-hydrogen) atoms. The van der Waals surface area contributed by atoms with Crippen molar-refractivity contribution in [2.75, 3.05) is 13.2 Å². The van der Waals surface area contributed by atoms with Gasteiger partial charge >= 0.3 is 13.1 Å². The summed E-state index contributed by atoms with van der Waals surface area (Å²) in [5, 5.41) is 24.8. The van der Waals surface area contributed by atoms with Gasteiger partial charge in [-0.15, -0.1) is 0 Å². The Bertz CT molecular complexity index is 1280. The van der Waals surface area contributed by atoms with Gasteiger partial charge in [0.15, 0.2) is 18.2 Å². The largest absolute Gasteiger partial charge is 0.494 e. The van der Waals surface area contributed by atoms with Crippen LogP contribution in [0.2, 0.25) is 0 Å². The maximum atomic E-state index is 15.1. The fraction of sp³-hybridized carbons (Fsp3) is 0.719. The predicted molar refractivity (Wildman–Crippen MR) is 157 cm³/mol. The van der Waals surface area contributed by atoms with E-state index in [0.29, 0.717) is 31.4 Å². The number of Topliss-reactive ketones (excluding diaryl/α,β-unsaturated/α-hetero) is 1. The number of halogens is 1. The molecule has 1 aromatic carbocycles. The maximum absolute atomic E-state index is 15.1. The lowest BCUT2D eigenvalue weighted by atomic mass is 9.43. The minimum Gasteiger partial charge on any atom is -0.479 e. The molecular weight excluding hydrogens is 556 g/mol. The summed E-state index contributed by atoms with van der Waals surface area (Å²) in [5.41, 5.74) is -1.40. The van der Waals surface area contributed by atoms with E-state index in [1.807, 2.05) is 20.8 Å². The normalized spacial score (nSPS) is 36.8. The van der Waals surface area contributed by atoms with Crippen LogP contribution in [0.25, 0.3) is 0 Å². The molecule has 3 aliphatic carbocycles. The second-order valence-electron chi connectivity index (χ2n) is 13.9. The summed E-state index contributed by atoms with van der Waals surface area (Å²) in [7, 11) is -1.40. The second-order valence-corrected chi connectivity index (χ2v) is 13.9. The zero-order valence-corrected chi connectivity index (χ0v) is 25.9. The van der Waals surface area contributed by atoms with E-state index < -0.39 is 54.0 Å². The van der Waals surface area contributed by atoms with Crippen LogP contribution in [0.5, 0.6) is 5.75 Å². The first-order valence-electron chi connectivity index (χ1n) is 15.7. The van der Waals surface area contributed by atoms with Crippen LogP contribution in [0, 0.1) is 39.8 Å². The van der Waals surface area contributed by atoms with Crippen molar-refractivity contribution in [3.05, 3.63) is 23.5 Å². The van der Waals surface area contributed by atoms with Crippen LogP contribution in [0.15, 0.2) is 12.1 Å². The van der Waals surface area contributed by atoms with Crippen LogP contribution in [0.3, 0.4) is 0 Å². The molecule has 3 N–H and O–H groups in total. The molecule has 1 aromatic rings. The van der Waals surface area contributed by atoms with Crippen LogP contribution >= 0.6 is 0 Å². The van der Waals surface area contributed by atoms with Gasteiger partial charge in [-0.2, -0.15) is 0 Å². The molecule has 0 unspecified atom stereocenters. The van der Waals surface area contributed by atoms with Crippen LogP contribution in [-0.2, 0) is 30.4 Å². The van der Waals surface area contributed by atoms with Crippen molar-refractivity contribution < 1.29 is 43.0 Å². The summed E-state index contributed by atoms with van der Waals surface area (Å²) in [6.45, 7) is 10.0. The Kier molecular flexibility index (Phi) is 8.75. The van der Waals surface area contributed by atoms with Crippen LogP contribution in [0.4, 0.5) is 4.39 Å². The minimum atomic E-state index is -1.40. The van der Waals surface area contributed by atoms with Crippen molar-refractivity contribution in [2.24, 2.45) is 34.0 Å². The number of amides is 1. The second kappa shape index (κ2) is 11.8. The Balaban J connectivity index is 1.45. The summed E-state index contributed by atoms with van der Waals surface area (Å²) >= 11 is 0. The van der Waals surface area contributed by atoms with E-state index in [-0.39, 0.29) is 60.1 Å². The number of carbonyl (C=O) groups excluding carboxylic acids is 3. The number of aliphatic hydroxyl groups excluding tert-OH is 1. The lowest BCUT2D eigenvalue weighted by Crippen LogP contribution is -2.63. The molecule has 1 heterocycles. The third-order valence-electron chi connectivity index (χ3n) is 11.7. The highest BCUT2D eigenvalue weighted by Crippen LogP contribution is 2.68. The number of hydrogen-bond donors (Lipinski definition) is 3. The molecule has 1 amide bonds. The highest BCUT2D eigenvalue weighted by atomic mass is 19.1. The summed E-state index contributed by atoms with van der Waals surface area (Å²) in [4.78, 5) is 39.6. The zero-order valence-electron chi connectivity index (χ0n) is 25.9. The number of fused-ring (bicyclic) bond motifs is 1. The maximum Gasteiger partial charge on any atom is 0.494 e. The van der Waals surface area contributed by atoms with Crippen molar-refractivity contribution in [2.45, 2.75) is 98.4 Å². The van der Waals surface area contributed by atoms with Gasteiger partial charge in [0, 0.05) is 36.2 Å². The topological polar surface area (TPSA) is 131 Å². The molecule has 3 fully saturated rings. The summed E-state index contributed by atoms with van der Waals surface area (Å²) in [6, 6.07) is 2.98. The number of rotatable bonds is 8. The molecule has 0 saturated heterocycles. The van der Waals surface area contributed by atoms with Gasteiger partial charge in [0.2, 0.25) is 5.91 Å². The number of benzene rings is 1. The van der Waals surface area contributed by atoms with Crippen LogP contribution < -0.4 is 15.5 Å². The number of nitrogens with one attached hydrogen (secondary N) is 1. The number of ketones is 1. The van der Waals surface area contributed by atoms with Gasteiger partial charge in [-0.1, -0.05) is 33.8 Å². The summed E-state index contributed by atoms with van der Waals surface area (Å²) in [5.74, 6) is -2.17. The number of carbonyl (C=O) groups is 3. The molecule has 0 spiro atoms. The number of ether oxygens (including phenoxy) is 2. The van der Waals surface area contributed by atoms with E-state index in [9.17, 15) is 24.5 Å². The first kappa shape index (κ1) is 31.9. The Hall–Kier alpha value is -2.50. The summed E-state index contributed by atoms with van der Waals surface area (Å²) in [6.07, 6.45) is 2.06. The molecule has 0 radical (unpaired) electrons. The molecule has 8 atom stereocenters. The molecule has 2 bridgehead atoms. The smallest absolute Gasteiger partial charge is 0.479 e. The molecule has 4 aliphatic rings. The fourth-order valence-corrected chi connectivity index (χ4v) is 8.99. The molecule has 236 valence electrons. The lowest BCUT2D eigenvalue weighted by molar-refractivity contribution is -0.213. The van der Waals surface area contributed by atoms with Crippen molar-refractivity contribution >= 4 is 30.2 Å². The number of hydrogen-bond acceptors (Lipinski definition) is 8. The SMILES string of the molecule is CCNC(=O)CC[C@]1(C)C[C@@H](OC(=O)COc2ccc3c(c2F)B(O)OC3)[C@]2(C)[C@H](C)CC[C@]3(CCC(=O)[C@H]32)[C@@H](C)[C@@H]1O. The van der Waals surface area contributed by atoms with E-state index in [2.05, 4.69) is 19.2 Å². The number of esters is 1. The van der Waals surface area contributed by atoms with Gasteiger partial charge in [-0.05, 0) is 73.3 Å². The van der Waals surface area contributed by atoms with Crippen molar-refractivity contribution in [3.8, 4) is 5.75 Å². The highest BCUT2D eigenvalue weighted by Gasteiger charge is 2.68. The molecule has 3 saturated carbocycles. The van der Waals surface area contributed by atoms with Crippen molar-refractivity contribution in [1.82, 2.24) is 5.32 Å². The Morgan fingerprint density at radius 2 is 1.98 bits per heavy atom. The standard InChI is InChI=1S/C32H45BFNO8/c1-6-35-24(37)11-12-30(4)15-23(43-25(38)17-41-22-8-7-20-16-42-33(40)26(20)27(22)34)31(5)18(2)9-13-32(19(3)29(30)39)14-10-21(36)28(31)32/h7-8,18-19,23,28-29,39-40H,6,9-17H2,1-5H3,(H,35,37)/t18-,19+,23-,28+,29+,30-,31+,32+/m1/s1. The minimum absolute atomic E-state index is 0.00324. The first-order chi connectivity index (χ1) is 20.3. The molecule has 5 rings (SSSR count). The van der Waals surface area contributed by atoms with Crippen LogP contribution in [0.1, 0.15) is 85.1 Å². The molecule has 0 aromatic heterocycles. The quantitative estimate of drug-likeness (QED) is 0.306. The Morgan fingerprint density at radius 3 is 2.70 bits per heavy atom. The molecule has 11 heteroatoms. The first-order valence-corrected chi connectivity index (χ1v) is 15.7. The Morgan fingerprint density at radius 1 is 1.23 bits per heavy atom. The fourth-order valence-electron chi connectivity index (χ4n) is 8.99. The van der Waals surface area contributed by atoms with Crippen molar-refractivity contribution in [1.29, 1.82) is 0 Å². The van der Waals surface area contributed by atoms with E-state index in [4.69, 9.17) is 14.1 Å². The average molecular weight is 602 g/mol. The molecule has 9 nitrogen and oxygen atoms in total. The van der Waals surface area contributed by atoms with Gasteiger partial charge < -0.3 is 29.6 Å². The van der Waals surface area contributed by atoms with E-state index in [0.717, 1.165) is 12.8 Å². The van der Waals surface area contributed by atoms with Crippen molar-refractivity contribution in [3.63, 3.8) is 0 Å². The monoisotopic (exact) mass is 601 g/mol. The lowest BCUT2D eigenvalue weighted by Gasteiger charge is -2.62. The predicted octanol–water partition coefficient (Wildman–Crippen LogP) is 3.06. The highest BCUT2D eigenvalue weighted by molar-refractivity contribution is 6.61. The van der Waals surface area contributed by atoms with Gasteiger partial charge in [-0.3, -0.25) is 9.59 Å². The number of aliphatic hydroxyl groups is 1. The van der Waals surface area contributed by atoms with Gasteiger partial charge in [0.1, 0.15) is 11.9 Å². The van der Waals surface area contributed by atoms with Gasteiger partial charge in [0.05, 0.1) is 12.7 Å². The zero-order chi connectivity index (χ0) is 31.3. The van der Waals surface area contributed by atoms with Gasteiger partial charge in [0.25, 0.3) is 0 Å². The summed E-state index contributed by atoms with van der Waals surface area (Å²) < 4.78 is 31.9. The van der Waals surface area contributed by atoms with E-state index >= 15 is 4.39 Å². The molecule has 1 aliphatic heterocycles. The Labute approximate surface area is 253 Å². The third-order valence-corrected chi connectivity index (χ3v) is 11.7. The third kappa shape index (κ3) is 5.29. The van der Waals surface area contributed by atoms with E-state index in [1.54, 1.807) is 6.07 Å². The van der Waals surface area contributed by atoms with Gasteiger partial charge in [-0.25, -0.2) is 9.18 Å². The average Bonchev–Trinajstić information content (AvgIpc) is 3.53. The van der Waals surface area contributed by atoms with Crippen LogP contribution in [-0.4, -0.2) is 60.3 Å². The van der Waals surface area contributed by atoms with E-state index in [1.165, 1.54) is 6.07 Å². The molecular formula is C32H45BFNO8.